The predicted molar refractivity (Wildman–Crippen MR) is 83.4 cm³/mol. The van der Waals surface area contributed by atoms with E-state index < -0.39 is 22.4 Å². The minimum atomic E-state index is -2.09. The molecule has 0 atom stereocenters. The average molecular weight is 329 g/mol. The van der Waals surface area contributed by atoms with Gasteiger partial charge in [0, 0.05) is 0 Å². The van der Waals surface area contributed by atoms with Crippen LogP contribution in [0.2, 0.25) is 0 Å². The van der Waals surface area contributed by atoms with Crippen molar-refractivity contribution in [1.29, 1.82) is 0 Å². The smallest absolute Gasteiger partial charge is 0.321 e. The molecule has 24 heavy (non-hydrogen) atoms. The fourth-order valence-electron chi connectivity index (χ4n) is 2.49. The number of carbonyl (C=O) groups is 2. The molecule has 0 fully saturated rings. The van der Waals surface area contributed by atoms with Gasteiger partial charge in [-0.25, -0.2) is 4.84 Å². The second-order valence-electron chi connectivity index (χ2n) is 5.31. The van der Waals surface area contributed by atoms with E-state index in [1.54, 1.807) is 60.7 Å². The zero-order valence-electron chi connectivity index (χ0n) is 12.6. The van der Waals surface area contributed by atoms with Gasteiger partial charge >= 0.3 is 17.0 Å². The van der Waals surface area contributed by atoms with Crippen molar-refractivity contribution in [2.75, 3.05) is 0 Å². The molecule has 2 aromatic carbocycles. The van der Waals surface area contributed by atoms with Gasteiger partial charge in [-0.1, -0.05) is 60.7 Å². The SMILES string of the molecule is O=C(O)C(Cc1ccccc1)(Cc1ccccc1)C(=O)O[N+](=O)[O-]. The Hall–Kier alpha value is -3.22. The summed E-state index contributed by atoms with van der Waals surface area (Å²) in [7, 11) is 0. The monoisotopic (exact) mass is 329 g/mol. The lowest BCUT2D eigenvalue weighted by atomic mass is 9.76. The van der Waals surface area contributed by atoms with Crippen molar-refractivity contribution >= 4 is 11.9 Å². The van der Waals surface area contributed by atoms with E-state index in [9.17, 15) is 24.8 Å². The van der Waals surface area contributed by atoms with Crippen LogP contribution in [0.4, 0.5) is 0 Å². The van der Waals surface area contributed by atoms with Crippen LogP contribution in [-0.4, -0.2) is 22.1 Å². The van der Waals surface area contributed by atoms with E-state index in [0.717, 1.165) is 0 Å². The van der Waals surface area contributed by atoms with E-state index in [4.69, 9.17) is 0 Å². The first kappa shape index (κ1) is 17.1. The second kappa shape index (κ2) is 7.36. The van der Waals surface area contributed by atoms with Gasteiger partial charge in [0.25, 0.3) is 0 Å². The molecule has 0 bridgehead atoms. The molecule has 2 rings (SSSR count). The Bertz CT molecular complexity index is 688. The number of aliphatic carboxylic acids is 1. The van der Waals surface area contributed by atoms with Crippen molar-refractivity contribution in [1.82, 2.24) is 0 Å². The number of hydrogen-bond donors (Lipinski definition) is 1. The van der Waals surface area contributed by atoms with Gasteiger partial charge in [-0.3, -0.25) is 9.59 Å². The van der Waals surface area contributed by atoms with Crippen molar-refractivity contribution in [3.8, 4) is 0 Å². The first-order chi connectivity index (χ1) is 11.4. The molecule has 2 aromatic rings. The van der Waals surface area contributed by atoms with Crippen molar-refractivity contribution < 1.29 is 24.6 Å². The van der Waals surface area contributed by atoms with Crippen LogP contribution in [0.15, 0.2) is 60.7 Å². The Labute approximate surface area is 137 Å². The molecule has 0 heterocycles. The highest BCUT2D eigenvalue weighted by atomic mass is 17.0. The summed E-state index contributed by atoms with van der Waals surface area (Å²) >= 11 is 0. The maximum absolute atomic E-state index is 12.3. The Kier molecular flexibility index (Phi) is 5.26. The van der Waals surface area contributed by atoms with E-state index in [0.29, 0.717) is 11.1 Å². The highest BCUT2D eigenvalue weighted by Crippen LogP contribution is 2.30. The number of benzene rings is 2. The molecule has 0 radical (unpaired) electrons. The van der Waals surface area contributed by atoms with Crippen LogP contribution in [-0.2, 0) is 27.3 Å². The van der Waals surface area contributed by atoms with Gasteiger partial charge in [0.1, 0.15) is 0 Å². The molecule has 0 aromatic heterocycles. The van der Waals surface area contributed by atoms with Crippen LogP contribution >= 0.6 is 0 Å². The highest BCUT2D eigenvalue weighted by molar-refractivity contribution is 5.99. The molecular weight excluding hydrogens is 314 g/mol. The van der Waals surface area contributed by atoms with Crippen molar-refractivity contribution in [2.45, 2.75) is 12.8 Å². The lowest BCUT2D eigenvalue weighted by Crippen LogP contribution is -2.45. The van der Waals surface area contributed by atoms with Gasteiger partial charge in [-0.2, -0.15) is 0 Å². The fraction of sp³-hybridized carbons (Fsp3) is 0.176. The minimum Gasteiger partial charge on any atom is -0.480 e. The molecule has 0 amide bonds. The topological polar surface area (TPSA) is 107 Å². The summed E-state index contributed by atoms with van der Waals surface area (Å²) in [6.07, 6.45) is -0.435. The Morgan fingerprint density at radius 3 is 1.71 bits per heavy atom. The van der Waals surface area contributed by atoms with Gasteiger partial charge in [0.15, 0.2) is 5.41 Å². The summed E-state index contributed by atoms with van der Waals surface area (Å²) in [6, 6.07) is 16.9. The van der Waals surface area contributed by atoms with E-state index in [1.807, 2.05) is 0 Å². The van der Waals surface area contributed by atoms with Crippen LogP contribution in [0.5, 0.6) is 0 Å². The van der Waals surface area contributed by atoms with E-state index in [1.165, 1.54) is 0 Å². The molecule has 124 valence electrons. The highest BCUT2D eigenvalue weighted by Gasteiger charge is 2.48. The lowest BCUT2D eigenvalue weighted by Gasteiger charge is -2.26. The van der Waals surface area contributed by atoms with Gasteiger partial charge in [-0.05, 0) is 24.0 Å². The third kappa shape index (κ3) is 3.95. The summed E-state index contributed by atoms with van der Waals surface area (Å²) < 4.78 is 0. The number of nitrogens with zero attached hydrogens (tertiary/aromatic N) is 1. The molecule has 7 heteroatoms. The summed E-state index contributed by atoms with van der Waals surface area (Å²) in [5, 5.41) is 19.0. The van der Waals surface area contributed by atoms with Crippen LogP contribution in [0, 0.1) is 15.5 Å². The molecule has 0 saturated carbocycles. The number of carboxylic acid groups (broad SMARTS) is 1. The quantitative estimate of drug-likeness (QED) is 0.474. The minimum absolute atomic E-state index is 0.218. The molecule has 0 spiro atoms. The number of carboxylic acids is 1. The van der Waals surface area contributed by atoms with Crippen LogP contribution in [0.1, 0.15) is 11.1 Å². The van der Waals surface area contributed by atoms with Crippen LogP contribution in [0.3, 0.4) is 0 Å². The number of rotatable bonds is 7. The van der Waals surface area contributed by atoms with Gasteiger partial charge in [0.05, 0.1) is 0 Å². The molecular formula is C17H15NO6. The third-order valence-electron chi connectivity index (χ3n) is 3.66. The summed E-state index contributed by atoms with van der Waals surface area (Å²) in [6.45, 7) is 0. The molecule has 0 aliphatic rings. The second-order valence-corrected chi connectivity index (χ2v) is 5.31. The van der Waals surface area contributed by atoms with E-state index in [-0.39, 0.29) is 12.8 Å². The van der Waals surface area contributed by atoms with Crippen LogP contribution in [0.25, 0.3) is 0 Å². The standard InChI is InChI=1S/C17H15NO6/c19-15(20)17(16(21)24-18(22)23,11-13-7-3-1-4-8-13)12-14-9-5-2-6-10-14/h1-10H,11-12H2,(H,19,20). The Morgan fingerprint density at radius 1 is 0.958 bits per heavy atom. The average Bonchev–Trinajstić information content (AvgIpc) is 2.55. The zero-order chi connectivity index (χ0) is 17.6. The molecule has 0 saturated heterocycles. The van der Waals surface area contributed by atoms with Gasteiger partial charge in [0.2, 0.25) is 0 Å². The van der Waals surface area contributed by atoms with Crippen molar-refractivity contribution in [3.63, 3.8) is 0 Å². The third-order valence-corrected chi connectivity index (χ3v) is 3.66. The van der Waals surface area contributed by atoms with Gasteiger partial charge < -0.3 is 5.11 Å². The predicted octanol–water partition coefficient (Wildman–Crippen LogP) is 2.28. The van der Waals surface area contributed by atoms with E-state index >= 15 is 0 Å². The molecule has 0 unspecified atom stereocenters. The molecule has 7 nitrogen and oxygen atoms in total. The summed E-state index contributed by atoms with van der Waals surface area (Å²) in [5.41, 5.74) is -0.956. The molecule has 0 aliphatic heterocycles. The van der Waals surface area contributed by atoms with Crippen molar-refractivity contribution in [3.05, 3.63) is 81.9 Å². The summed E-state index contributed by atoms with van der Waals surface area (Å²) in [5.74, 6) is -2.87. The Morgan fingerprint density at radius 2 is 1.38 bits per heavy atom. The largest absolute Gasteiger partial charge is 0.480 e. The van der Waals surface area contributed by atoms with Crippen molar-refractivity contribution in [2.24, 2.45) is 5.41 Å². The maximum atomic E-state index is 12.3. The fourth-order valence-corrected chi connectivity index (χ4v) is 2.49. The first-order valence-corrected chi connectivity index (χ1v) is 7.12. The zero-order valence-corrected chi connectivity index (χ0v) is 12.6. The Balaban J connectivity index is 2.45. The van der Waals surface area contributed by atoms with Crippen LogP contribution < -0.4 is 0 Å². The number of hydrogen-bond acceptors (Lipinski definition) is 5. The van der Waals surface area contributed by atoms with Gasteiger partial charge in [-0.15, -0.1) is 10.1 Å². The summed E-state index contributed by atoms with van der Waals surface area (Å²) in [4.78, 5) is 38.8. The normalized spacial score (nSPS) is 10.8. The number of carbonyl (C=O) groups excluding carboxylic acids is 1. The molecule has 0 aliphatic carbocycles. The maximum Gasteiger partial charge on any atom is 0.321 e. The lowest BCUT2D eigenvalue weighted by molar-refractivity contribution is -0.730. The first-order valence-electron chi connectivity index (χ1n) is 7.12. The van der Waals surface area contributed by atoms with E-state index in [2.05, 4.69) is 4.84 Å². The molecule has 1 N–H and O–H groups in total.